The third-order valence-electron chi connectivity index (χ3n) is 4.76. The van der Waals surface area contributed by atoms with Crippen molar-refractivity contribution in [1.29, 1.82) is 0 Å². The zero-order valence-electron chi connectivity index (χ0n) is 19.0. The number of hydrogen-bond donors (Lipinski definition) is 1. The fourth-order valence-electron chi connectivity index (χ4n) is 3.13. The zero-order chi connectivity index (χ0) is 23.6. The molecule has 1 amide bonds. The van der Waals surface area contributed by atoms with E-state index in [0.29, 0.717) is 29.9 Å². The molecule has 2 aromatic carbocycles. The monoisotopic (exact) mass is 448 g/mol. The second kappa shape index (κ2) is 11.7. The molecule has 0 saturated carbocycles. The highest BCUT2D eigenvalue weighted by molar-refractivity contribution is 5.91. The number of nitrogens with one attached hydrogen (secondary N) is 1. The number of amides is 1. The van der Waals surface area contributed by atoms with Gasteiger partial charge < -0.3 is 13.9 Å². The van der Waals surface area contributed by atoms with Crippen LogP contribution in [0.1, 0.15) is 48.4 Å². The molecule has 0 atom stereocenters. The Kier molecular flexibility index (Phi) is 8.41. The number of ether oxygens (including phenoxy) is 2. The van der Waals surface area contributed by atoms with Gasteiger partial charge in [-0.3, -0.25) is 4.79 Å². The smallest absolute Gasteiger partial charge is 0.338 e. The van der Waals surface area contributed by atoms with Crippen molar-refractivity contribution in [1.82, 2.24) is 5.43 Å². The highest BCUT2D eigenvalue weighted by atomic mass is 16.5. The van der Waals surface area contributed by atoms with Gasteiger partial charge in [-0.1, -0.05) is 24.3 Å². The molecule has 0 bridgehead atoms. The molecule has 0 aliphatic rings. The van der Waals surface area contributed by atoms with Gasteiger partial charge in [0.25, 0.3) is 0 Å². The predicted molar refractivity (Wildman–Crippen MR) is 126 cm³/mol. The lowest BCUT2D eigenvalue weighted by Gasteiger charge is -2.08. The van der Waals surface area contributed by atoms with Crippen LogP contribution in [0.4, 0.5) is 0 Å². The molecule has 1 aromatic heterocycles. The lowest BCUT2D eigenvalue weighted by atomic mass is 10.1. The molecule has 0 fully saturated rings. The summed E-state index contributed by atoms with van der Waals surface area (Å²) in [6.45, 7) is 3.61. The second-order valence-corrected chi connectivity index (χ2v) is 7.73. The molecule has 3 rings (SSSR count). The number of rotatable bonds is 10. The van der Waals surface area contributed by atoms with Crippen LogP contribution in [-0.2, 0) is 16.0 Å². The molecule has 0 saturated heterocycles. The van der Waals surface area contributed by atoms with E-state index in [1.54, 1.807) is 51.3 Å². The van der Waals surface area contributed by atoms with Crippen molar-refractivity contribution < 1.29 is 23.5 Å². The number of carbonyl (C=O) groups excluding carboxylic acids is 2. The summed E-state index contributed by atoms with van der Waals surface area (Å²) in [4.78, 5) is 24.1. The first kappa shape index (κ1) is 23.8. The second-order valence-electron chi connectivity index (χ2n) is 7.73. The van der Waals surface area contributed by atoms with Crippen molar-refractivity contribution in [3.8, 4) is 17.1 Å². The van der Waals surface area contributed by atoms with Crippen molar-refractivity contribution in [2.75, 3.05) is 7.11 Å². The van der Waals surface area contributed by atoms with E-state index in [0.717, 1.165) is 23.3 Å². The normalized spacial score (nSPS) is 11.0. The maximum atomic E-state index is 12.1. The Balaban J connectivity index is 1.48. The van der Waals surface area contributed by atoms with Crippen LogP contribution in [0.15, 0.2) is 70.2 Å². The van der Waals surface area contributed by atoms with E-state index in [2.05, 4.69) is 10.5 Å². The Morgan fingerprint density at radius 3 is 2.61 bits per heavy atom. The molecule has 0 aliphatic heterocycles. The summed E-state index contributed by atoms with van der Waals surface area (Å²) in [5, 5.41) is 3.97. The van der Waals surface area contributed by atoms with Gasteiger partial charge in [0.2, 0.25) is 5.91 Å². The molecular weight excluding hydrogens is 420 g/mol. The van der Waals surface area contributed by atoms with Crippen molar-refractivity contribution in [3.05, 3.63) is 77.6 Å². The molecule has 7 nitrogen and oxygen atoms in total. The Bertz CT molecular complexity index is 1100. The van der Waals surface area contributed by atoms with Gasteiger partial charge in [-0.05, 0) is 68.7 Å². The molecule has 0 aliphatic carbocycles. The SMILES string of the molecule is COc1ccc(CCCC(=O)N/N=C\c2ccc(-c3cccc(C(=O)OC(C)C)c3)o2)cc1. The van der Waals surface area contributed by atoms with Crippen molar-refractivity contribution in [2.24, 2.45) is 5.10 Å². The van der Waals surface area contributed by atoms with Crippen LogP contribution in [0.25, 0.3) is 11.3 Å². The molecule has 0 unspecified atom stereocenters. The third-order valence-corrected chi connectivity index (χ3v) is 4.76. The molecule has 1 heterocycles. The average Bonchev–Trinajstić information content (AvgIpc) is 3.28. The van der Waals surface area contributed by atoms with E-state index in [-0.39, 0.29) is 18.0 Å². The number of nitrogens with zero attached hydrogens (tertiary/aromatic N) is 1. The molecule has 0 radical (unpaired) electrons. The Labute approximate surface area is 193 Å². The third kappa shape index (κ3) is 7.35. The van der Waals surface area contributed by atoms with Gasteiger partial charge in [0, 0.05) is 12.0 Å². The summed E-state index contributed by atoms with van der Waals surface area (Å²) in [5.74, 6) is 1.34. The minimum absolute atomic E-state index is 0.164. The van der Waals surface area contributed by atoms with E-state index in [4.69, 9.17) is 13.9 Å². The summed E-state index contributed by atoms with van der Waals surface area (Å²) in [7, 11) is 1.63. The van der Waals surface area contributed by atoms with Crippen LogP contribution in [0.3, 0.4) is 0 Å². The average molecular weight is 449 g/mol. The van der Waals surface area contributed by atoms with Crippen molar-refractivity contribution in [2.45, 2.75) is 39.2 Å². The Morgan fingerprint density at radius 1 is 1.09 bits per heavy atom. The van der Waals surface area contributed by atoms with Gasteiger partial charge in [0.05, 0.1) is 25.0 Å². The van der Waals surface area contributed by atoms with Crippen LogP contribution in [0.2, 0.25) is 0 Å². The summed E-state index contributed by atoms with van der Waals surface area (Å²) in [6.07, 6.45) is 3.14. The molecular formula is C26H28N2O5. The summed E-state index contributed by atoms with van der Waals surface area (Å²) in [6, 6.07) is 18.4. The highest BCUT2D eigenvalue weighted by Crippen LogP contribution is 2.23. The van der Waals surface area contributed by atoms with E-state index in [1.165, 1.54) is 6.21 Å². The van der Waals surface area contributed by atoms with E-state index in [9.17, 15) is 9.59 Å². The largest absolute Gasteiger partial charge is 0.497 e. The van der Waals surface area contributed by atoms with E-state index >= 15 is 0 Å². The van der Waals surface area contributed by atoms with Crippen LogP contribution in [0.5, 0.6) is 5.75 Å². The van der Waals surface area contributed by atoms with Gasteiger partial charge >= 0.3 is 5.97 Å². The number of carbonyl (C=O) groups is 2. The lowest BCUT2D eigenvalue weighted by Crippen LogP contribution is -2.17. The summed E-state index contributed by atoms with van der Waals surface area (Å²) < 4.78 is 16.1. The van der Waals surface area contributed by atoms with Crippen LogP contribution >= 0.6 is 0 Å². The first-order valence-electron chi connectivity index (χ1n) is 10.8. The lowest BCUT2D eigenvalue weighted by molar-refractivity contribution is -0.121. The Hall–Kier alpha value is -3.87. The molecule has 33 heavy (non-hydrogen) atoms. The Morgan fingerprint density at radius 2 is 1.88 bits per heavy atom. The molecule has 3 aromatic rings. The number of furan rings is 1. The van der Waals surface area contributed by atoms with Crippen LogP contribution < -0.4 is 10.2 Å². The molecule has 0 spiro atoms. The van der Waals surface area contributed by atoms with Gasteiger partial charge in [0.1, 0.15) is 17.3 Å². The van der Waals surface area contributed by atoms with Crippen LogP contribution in [0, 0.1) is 0 Å². The summed E-state index contributed by atoms with van der Waals surface area (Å²) in [5.41, 5.74) is 4.87. The number of hydrazone groups is 1. The van der Waals surface area contributed by atoms with Gasteiger partial charge in [-0.25, -0.2) is 10.2 Å². The minimum Gasteiger partial charge on any atom is -0.497 e. The number of aryl methyl sites for hydroxylation is 1. The minimum atomic E-state index is -0.380. The van der Waals surface area contributed by atoms with Crippen molar-refractivity contribution >= 4 is 18.1 Å². The van der Waals surface area contributed by atoms with Gasteiger partial charge in [-0.2, -0.15) is 5.10 Å². The fraction of sp³-hybridized carbons (Fsp3) is 0.269. The number of benzene rings is 2. The predicted octanol–water partition coefficient (Wildman–Crippen LogP) is 4.99. The number of methoxy groups -OCH3 is 1. The van der Waals surface area contributed by atoms with E-state index in [1.807, 2.05) is 30.3 Å². The first-order chi connectivity index (χ1) is 15.9. The summed E-state index contributed by atoms with van der Waals surface area (Å²) >= 11 is 0. The maximum absolute atomic E-state index is 12.1. The highest BCUT2D eigenvalue weighted by Gasteiger charge is 2.12. The molecule has 1 N–H and O–H groups in total. The van der Waals surface area contributed by atoms with Crippen molar-refractivity contribution in [3.63, 3.8) is 0 Å². The van der Waals surface area contributed by atoms with E-state index < -0.39 is 0 Å². The first-order valence-corrected chi connectivity index (χ1v) is 10.8. The fourth-order valence-corrected chi connectivity index (χ4v) is 3.13. The van der Waals surface area contributed by atoms with Crippen LogP contribution in [-0.4, -0.2) is 31.3 Å². The standard InChI is InChI=1S/C26H28N2O5/c1-18(2)32-26(30)21-8-5-7-20(16-21)24-15-14-23(33-24)17-27-28-25(29)9-4-6-19-10-12-22(31-3)13-11-19/h5,7-8,10-18H,4,6,9H2,1-3H3,(H,28,29)/b27-17-. The molecule has 172 valence electrons. The topological polar surface area (TPSA) is 90.1 Å². The van der Waals surface area contributed by atoms with Gasteiger partial charge in [-0.15, -0.1) is 0 Å². The zero-order valence-corrected chi connectivity index (χ0v) is 19.0. The molecule has 7 heteroatoms. The number of esters is 1. The number of hydrogen-bond acceptors (Lipinski definition) is 6. The van der Waals surface area contributed by atoms with Gasteiger partial charge in [0.15, 0.2) is 0 Å². The maximum Gasteiger partial charge on any atom is 0.338 e. The quantitative estimate of drug-likeness (QED) is 0.268.